The standard InChI is InChI=1S/C12H13BrN2O3S/c13-10-1-2-12(9(7-10)8-14)15-19(16,17)11-3-5-18-6-4-11/h1-2,7,11,15H,3-6H2. The molecule has 1 fully saturated rings. The van der Waals surface area contributed by atoms with Crippen molar-refractivity contribution < 1.29 is 13.2 Å². The highest BCUT2D eigenvalue weighted by Crippen LogP contribution is 2.24. The summed E-state index contributed by atoms with van der Waals surface area (Å²) in [6, 6.07) is 6.85. The summed E-state index contributed by atoms with van der Waals surface area (Å²) in [6.45, 7) is 0.911. The molecule has 1 N–H and O–H groups in total. The number of ether oxygens (including phenoxy) is 1. The summed E-state index contributed by atoms with van der Waals surface area (Å²) in [7, 11) is -3.48. The van der Waals surface area contributed by atoms with Crippen LogP contribution in [0.25, 0.3) is 0 Å². The van der Waals surface area contributed by atoms with Crippen LogP contribution in [0.15, 0.2) is 22.7 Å². The fraction of sp³-hybridized carbons (Fsp3) is 0.417. The van der Waals surface area contributed by atoms with Crippen molar-refractivity contribution in [3.8, 4) is 6.07 Å². The van der Waals surface area contributed by atoms with Gasteiger partial charge in [0.2, 0.25) is 10.0 Å². The van der Waals surface area contributed by atoms with Gasteiger partial charge in [0.05, 0.1) is 16.5 Å². The molecule has 0 saturated carbocycles. The predicted octanol–water partition coefficient (Wildman–Crippen LogP) is 2.24. The Bertz CT molecular complexity index is 604. The van der Waals surface area contributed by atoms with Gasteiger partial charge in [0.25, 0.3) is 0 Å². The summed E-state index contributed by atoms with van der Waals surface area (Å²) >= 11 is 3.25. The molecule has 1 aliphatic heterocycles. The van der Waals surface area contributed by atoms with Gasteiger partial charge in [-0.2, -0.15) is 5.26 Å². The fourth-order valence-electron chi connectivity index (χ4n) is 1.92. The molecule has 1 aliphatic rings. The minimum Gasteiger partial charge on any atom is -0.381 e. The molecule has 0 aliphatic carbocycles. The Labute approximate surface area is 120 Å². The van der Waals surface area contributed by atoms with Gasteiger partial charge >= 0.3 is 0 Å². The zero-order valence-electron chi connectivity index (χ0n) is 10.1. The molecule has 0 radical (unpaired) electrons. The highest BCUT2D eigenvalue weighted by molar-refractivity contribution is 9.10. The van der Waals surface area contributed by atoms with Gasteiger partial charge in [0, 0.05) is 17.7 Å². The fourth-order valence-corrected chi connectivity index (χ4v) is 3.75. The maximum absolute atomic E-state index is 12.2. The lowest BCUT2D eigenvalue weighted by Gasteiger charge is -2.23. The SMILES string of the molecule is N#Cc1cc(Br)ccc1NS(=O)(=O)C1CCOCC1. The van der Waals surface area contributed by atoms with Gasteiger partial charge in [0.1, 0.15) is 6.07 Å². The van der Waals surface area contributed by atoms with E-state index in [0.717, 1.165) is 4.47 Å². The second-order valence-corrected chi connectivity index (χ2v) is 7.14. The smallest absolute Gasteiger partial charge is 0.235 e. The van der Waals surface area contributed by atoms with E-state index in [1.54, 1.807) is 18.2 Å². The lowest BCUT2D eigenvalue weighted by molar-refractivity contribution is 0.0984. The number of hydrogen-bond donors (Lipinski definition) is 1. The Morgan fingerprint density at radius 3 is 2.68 bits per heavy atom. The van der Waals surface area contributed by atoms with Crippen LogP contribution in [0.5, 0.6) is 0 Å². The van der Waals surface area contributed by atoms with Crippen LogP contribution in [0.1, 0.15) is 18.4 Å². The average Bonchev–Trinajstić information content (AvgIpc) is 2.41. The van der Waals surface area contributed by atoms with Crippen LogP contribution in [-0.4, -0.2) is 26.9 Å². The van der Waals surface area contributed by atoms with Crippen molar-refractivity contribution in [2.24, 2.45) is 0 Å². The Kier molecular flexibility index (Phi) is 4.45. The van der Waals surface area contributed by atoms with Crippen LogP contribution in [0.4, 0.5) is 5.69 Å². The molecule has 1 aromatic rings. The molecular weight excluding hydrogens is 332 g/mol. The molecule has 0 amide bonds. The normalized spacial score (nSPS) is 16.8. The number of nitriles is 1. The second kappa shape index (κ2) is 5.90. The summed E-state index contributed by atoms with van der Waals surface area (Å²) in [5.41, 5.74) is 0.613. The number of benzene rings is 1. The third-order valence-corrected chi connectivity index (χ3v) is 5.31. The Morgan fingerprint density at radius 2 is 2.05 bits per heavy atom. The third-order valence-electron chi connectivity index (χ3n) is 2.96. The molecular formula is C12H13BrN2O3S. The van der Waals surface area contributed by atoms with E-state index in [0.29, 0.717) is 37.3 Å². The molecule has 0 spiro atoms. The predicted molar refractivity (Wildman–Crippen MR) is 75.2 cm³/mol. The quantitative estimate of drug-likeness (QED) is 0.911. The lowest BCUT2D eigenvalue weighted by atomic mass is 10.2. The minimum absolute atomic E-state index is 0.296. The average molecular weight is 345 g/mol. The zero-order valence-corrected chi connectivity index (χ0v) is 12.5. The largest absolute Gasteiger partial charge is 0.381 e. The van der Waals surface area contributed by atoms with E-state index in [1.165, 1.54) is 0 Å². The molecule has 1 saturated heterocycles. The first kappa shape index (κ1) is 14.3. The number of anilines is 1. The summed E-state index contributed by atoms with van der Waals surface area (Å²) < 4.78 is 32.8. The van der Waals surface area contributed by atoms with Gasteiger partial charge in [-0.15, -0.1) is 0 Å². The van der Waals surface area contributed by atoms with E-state index < -0.39 is 15.3 Å². The molecule has 0 atom stereocenters. The van der Waals surface area contributed by atoms with Gasteiger partial charge in [-0.05, 0) is 31.0 Å². The summed E-state index contributed by atoms with van der Waals surface area (Å²) in [6.07, 6.45) is 0.960. The molecule has 0 bridgehead atoms. The van der Waals surface area contributed by atoms with Crippen LogP contribution >= 0.6 is 15.9 Å². The van der Waals surface area contributed by atoms with Crippen molar-refractivity contribution in [1.82, 2.24) is 0 Å². The van der Waals surface area contributed by atoms with Gasteiger partial charge in [-0.25, -0.2) is 8.42 Å². The minimum atomic E-state index is -3.48. The van der Waals surface area contributed by atoms with Crippen molar-refractivity contribution in [2.75, 3.05) is 17.9 Å². The molecule has 0 unspecified atom stereocenters. The van der Waals surface area contributed by atoms with Crippen molar-refractivity contribution in [3.63, 3.8) is 0 Å². The molecule has 7 heteroatoms. The van der Waals surface area contributed by atoms with Crippen LogP contribution < -0.4 is 4.72 Å². The summed E-state index contributed by atoms with van der Waals surface area (Å²) in [5.74, 6) is 0. The van der Waals surface area contributed by atoms with Crippen molar-refractivity contribution in [1.29, 1.82) is 5.26 Å². The van der Waals surface area contributed by atoms with E-state index in [2.05, 4.69) is 20.7 Å². The molecule has 19 heavy (non-hydrogen) atoms. The third kappa shape index (κ3) is 3.47. The van der Waals surface area contributed by atoms with Gasteiger partial charge in [-0.3, -0.25) is 4.72 Å². The molecule has 5 nitrogen and oxygen atoms in total. The second-order valence-electron chi connectivity index (χ2n) is 4.26. The topological polar surface area (TPSA) is 79.2 Å². The first-order valence-electron chi connectivity index (χ1n) is 5.82. The van der Waals surface area contributed by atoms with E-state index in [4.69, 9.17) is 10.00 Å². The van der Waals surface area contributed by atoms with Gasteiger partial charge < -0.3 is 4.74 Å². The van der Waals surface area contributed by atoms with Crippen LogP contribution in [0.2, 0.25) is 0 Å². The monoisotopic (exact) mass is 344 g/mol. The van der Waals surface area contributed by atoms with Crippen molar-refractivity contribution in [3.05, 3.63) is 28.2 Å². The highest BCUT2D eigenvalue weighted by atomic mass is 79.9. The maximum atomic E-state index is 12.2. The highest BCUT2D eigenvalue weighted by Gasteiger charge is 2.28. The number of halogens is 1. The number of nitrogens with zero attached hydrogens (tertiary/aromatic N) is 1. The zero-order chi connectivity index (χ0) is 13.9. The van der Waals surface area contributed by atoms with E-state index >= 15 is 0 Å². The Balaban J connectivity index is 2.23. The van der Waals surface area contributed by atoms with Crippen LogP contribution in [0.3, 0.4) is 0 Å². The Hall–Kier alpha value is -1.10. The summed E-state index contributed by atoms with van der Waals surface area (Å²) in [5, 5.41) is 8.56. The van der Waals surface area contributed by atoms with Gasteiger partial charge in [-0.1, -0.05) is 15.9 Å². The molecule has 1 aromatic carbocycles. The molecule has 102 valence electrons. The van der Waals surface area contributed by atoms with Gasteiger partial charge in [0.15, 0.2) is 0 Å². The summed E-state index contributed by atoms with van der Waals surface area (Å²) in [4.78, 5) is 0. The lowest BCUT2D eigenvalue weighted by Crippen LogP contribution is -2.33. The van der Waals surface area contributed by atoms with Crippen LogP contribution in [0, 0.1) is 11.3 Å². The first-order chi connectivity index (χ1) is 9.03. The van der Waals surface area contributed by atoms with Crippen molar-refractivity contribution in [2.45, 2.75) is 18.1 Å². The number of nitrogens with one attached hydrogen (secondary N) is 1. The number of rotatable bonds is 3. The Morgan fingerprint density at radius 1 is 1.37 bits per heavy atom. The number of hydrogen-bond acceptors (Lipinski definition) is 4. The van der Waals surface area contributed by atoms with Crippen molar-refractivity contribution >= 4 is 31.6 Å². The van der Waals surface area contributed by atoms with Crippen LogP contribution in [-0.2, 0) is 14.8 Å². The molecule has 2 rings (SSSR count). The van der Waals surface area contributed by atoms with E-state index in [1.807, 2.05) is 6.07 Å². The van der Waals surface area contributed by atoms with E-state index in [-0.39, 0.29) is 0 Å². The molecule has 1 heterocycles. The van der Waals surface area contributed by atoms with E-state index in [9.17, 15) is 8.42 Å². The number of sulfonamides is 1. The molecule has 0 aromatic heterocycles. The first-order valence-corrected chi connectivity index (χ1v) is 8.16. The maximum Gasteiger partial charge on any atom is 0.235 e.